The number of ether oxygens (including phenoxy) is 2. The van der Waals surface area contributed by atoms with Crippen LogP contribution in [0.2, 0.25) is 0 Å². The van der Waals surface area contributed by atoms with E-state index in [1.54, 1.807) is 0 Å². The Bertz CT molecular complexity index is 341. The average Bonchev–Trinajstić information content (AvgIpc) is 3.01. The van der Waals surface area contributed by atoms with Gasteiger partial charge in [-0.25, -0.2) is 4.98 Å². The van der Waals surface area contributed by atoms with Crippen molar-refractivity contribution in [2.45, 2.75) is 31.1 Å². The molecule has 2 aliphatic heterocycles. The molecule has 0 aliphatic carbocycles. The molecule has 1 aromatic heterocycles. The van der Waals surface area contributed by atoms with E-state index in [2.05, 4.69) is 5.38 Å². The van der Waals surface area contributed by atoms with Gasteiger partial charge in [-0.2, -0.15) is 0 Å². The third-order valence-electron chi connectivity index (χ3n) is 3.46. The zero-order valence-electron chi connectivity index (χ0n) is 9.35. The van der Waals surface area contributed by atoms with Crippen LogP contribution in [-0.4, -0.2) is 31.4 Å². The Labute approximate surface area is 99.8 Å². The summed E-state index contributed by atoms with van der Waals surface area (Å²) in [5, 5.41) is 3.52. The van der Waals surface area contributed by atoms with E-state index in [9.17, 15) is 0 Å². The van der Waals surface area contributed by atoms with E-state index in [0.29, 0.717) is 11.8 Å². The fourth-order valence-corrected chi connectivity index (χ4v) is 3.42. The lowest BCUT2D eigenvalue weighted by atomic mass is 9.97. The Morgan fingerprint density at radius 2 is 1.81 bits per heavy atom. The molecule has 2 saturated heterocycles. The molecule has 2 fully saturated rings. The zero-order valence-corrected chi connectivity index (χ0v) is 10.2. The maximum Gasteiger partial charge on any atom is 0.0983 e. The van der Waals surface area contributed by atoms with Crippen molar-refractivity contribution < 1.29 is 9.47 Å². The van der Waals surface area contributed by atoms with Gasteiger partial charge < -0.3 is 9.47 Å². The van der Waals surface area contributed by atoms with Gasteiger partial charge in [-0.05, 0) is 19.3 Å². The number of hydrogen-bond donors (Lipinski definition) is 0. The number of rotatable bonds is 2. The Balaban J connectivity index is 1.71. The van der Waals surface area contributed by atoms with Crippen molar-refractivity contribution in [1.82, 2.24) is 4.98 Å². The molecule has 0 amide bonds. The third kappa shape index (κ3) is 2.14. The molecule has 16 heavy (non-hydrogen) atoms. The molecule has 1 atom stereocenters. The van der Waals surface area contributed by atoms with Crippen LogP contribution in [0.5, 0.6) is 0 Å². The highest BCUT2D eigenvalue weighted by Gasteiger charge is 2.23. The van der Waals surface area contributed by atoms with Gasteiger partial charge in [0.1, 0.15) is 0 Å². The summed E-state index contributed by atoms with van der Waals surface area (Å²) in [7, 11) is 0. The molecule has 0 N–H and O–H groups in total. The first-order valence-electron chi connectivity index (χ1n) is 6.04. The second-order valence-corrected chi connectivity index (χ2v) is 5.45. The molecular weight excluding hydrogens is 222 g/mol. The minimum Gasteiger partial charge on any atom is -0.381 e. The topological polar surface area (TPSA) is 31.4 Å². The summed E-state index contributed by atoms with van der Waals surface area (Å²) in [6.07, 6.45) is 3.40. The van der Waals surface area contributed by atoms with Crippen molar-refractivity contribution in [3.05, 3.63) is 16.1 Å². The van der Waals surface area contributed by atoms with E-state index < -0.39 is 0 Å². The highest BCUT2D eigenvalue weighted by molar-refractivity contribution is 7.09. The summed E-state index contributed by atoms with van der Waals surface area (Å²) < 4.78 is 10.8. The van der Waals surface area contributed by atoms with Crippen LogP contribution in [0.25, 0.3) is 0 Å². The summed E-state index contributed by atoms with van der Waals surface area (Å²) in [6.45, 7) is 3.55. The van der Waals surface area contributed by atoms with Gasteiger partial charge in [-0.3, -0.25) is 0 Å². The summed E-state index contributed by atoms with van der Waals surface area (Å²) in [5.74, 6) is 1.18. The van der Waals surface area contributed by atoms with Crippen LogP contribution in [0, 0.1) is 0 Å². The summed E-state index contributed by atoms with van der Waals surface area (Å²) >= 11 is 1.81. The summed E-state index contributed by atoms with van der Waals surface area (Å²) in [4.78, 5) is 4.80. The van der Waals surface area contributed by atoms with Crippen molar-refractivity contribution in [2.75, 3.05) is 26.4 Å². The Kier molecular flexibility index (Phi) is 3.22. The monoisotopic (exact) mass is 239 g/mol. The first-order chi connectivity index (χ1) is 7.93. The van der Waals surface area contributed by atoms with Crippen molar-refractivity contribution in [3.8, 4) is 0 Å². The van der Waals surface area contributed by atoms with Crippen LogP contribution in [-0.2, 0) is 9.47 Å². The average molecular weight is 239 g/mol. The molecule has 1 unspecified atom stereocenters. The van der Waals surface area contributed by atoms with E-state index in [1.807, 2.05) is 11.3 Å². The molecule has 88 valence electrons. The van der Waals surface area contributed by atoms with Gasteiger partial charge in [0.2, 0.25) is 0 Å². The Morgan fingerprint density at radius 1 is 1.06 bits per heavy atom. The number of hydrogen-bond acceptors (Lipinski definition) is 4. The minimum atomic E-state index is 0.554. The van der Waals surface area contributed by atoms with Gasteiger partial charge in [0, 0.05) is 37.0 Å². The van der Waals surface area contributed by atoms with Gasteiger partial charge in [0.05, 0.1) is 17.3 Å². The number of aromatic nitrogens is 1. The standard InChI is InChI=1S/C12H17NO2S/c1-4-14-5-2-9(1)11-8-16-12(13-11)10-3-6-15-7-10/h8-10H,1-7H2. The maximum atomic E-state index is 5.41. The fraction of sp³-hybridized carbons (Fsp3) is 0.750. The third-order valence-corrected chi connectivity index (χ3v) is 4.48. The first-order valence-corrected chi connectivity index (χ1v) is 6.92. The lowest BCUT2D eigenvalue weighted by Gasteiger charge is -2.20. The van der Waals surface area contributed by atoms with Crippen molar-refractivity contribution in [2.24, 2.45) is 0 Å². The van der Waals surface area contributed by atoms with Crippen molar-refractivity contribution >= 4 is 11.3 Å². The second kappa shape index (κ2) is 4.82. The Hall–Kier alpha value is -0.450. The van der Waals surface area contributed by atoms with Gasteiger partial charge in [-0.15, -0.1) is 11.3 Å². The van der Waals surface area contributed by atoms with Gasteiger partial charge >= 0.3 is 0 Å². The summed E-state index contributed by atoms with van der Waals surface area (Å²) in [5.41, 5.74) is 1.29. The first kappa shape index (κ1) is 10.7. The van der Waals surface area contributed by atoms with Gasteiger partial charge in [0.25, 0.3) is 0 Å². The summed E-state index contributed by atoms with van der Waals surface area (Å²) in [6, 6.07) is 0. The molecule has 3 rings (SSSR count). The molecule has 0 aromatic carbocycles. The normalized spacial score (nSPS) is 27.4. The molecule has 3 nitrogen and oxygen atoms in total. The molecule has 4 heteroatoms. The van der Waals surface area contributed by atoms with Crippen molar-refractivity contribution in [1.29, 1.82) is 0 Å². The molecule has 0 radical (unpaired) electrons. The van der Waals surface area contributed by atoms with Crippen LogP contribution in [0.3, 0.4) is 0 Å². The van der Waals surface area contributed by atoms with Gasteiger partial charge in [-0.1, -0.05) is 0 Å². The lowest BCUT2D eigenvalue weighted by Crippen LogP contribution is -2.14. The molecule has 2 aliphatic rings. The molecule has 0 saturated carbocycles. The molecule has 0 spiro atoms. The van der Waals surface area contributed by atoms with Crippen LogP contribution in [0.4, 0.5) is 0 Å². The predicted octanol–water partition coefficient (Wildman–Crippen LogP) is 2.54. The van der Waals surface area contributed by atoms with Crippen molar-refractivity contribution in [3.63, 3.8) is 0 Å². The minimum absolute atomic E-state index is 0.554. The predicted molar refractivity (Wildman–Crippen MR) is 63.1 cm³/mol. The lowest BCUT2D eigenvalue weighted by molar-refractivity contribution is 0.0846. The van der Waals surface area contributed by atoms with Gasteiger partial charge in [0.15, 0.2) is 0 Å². The highest BCUT2D eigenvalue weighted by Crippen LogP contribution is 2.32. The SMILES string of the molecule is c1sc(C2CCOC2)nc1C1CCOCC1. The van der Waals surface area contributed by atoms with E-state index in [1.165, 1.54) is 10.7 Å². The molecule has 1 aromatic rings. The van der Waals surface area contributed by atoms with Crippen LogP contribution >= 0.6 is 11.3 Å². The second-order valence-electron chi connectivity index (χ2n) is 4.56. The van der Waals surface area contributed by atoms with E-state index in [4.69, 9.17) is 14.5 Å². The van der Waals surface area contributed by atoms with E-state index >= 15 is 0 Å². The zero-order chi connectivity index (χ0) is 10.8. The van der Waals surface area contributed by atoms with E-state index in [0.717, 1.165) is 45.7 Å². The molecular formula is C12H17NO2S. The fourth-order valence-electron chi connectivity index (χ4n) is 2.40. The van der Waals surface area contributed by atoms with Crippen LogP contribution in [0.1, 0.15) is 41.8 Å². The smallest absolute Gasteiger partial charge is 0.0983 e. The highest BCUT2D eigenvalue weighted by atomic mass is 32.1. The van der Waals surface area contributed by atoms with E-state index in [-0.39, 0.29) is 0 Å². The molecule has 0 bridgehead atoms. The maximum absolute atomic E-state index is 5.41. The Morgan fingerprint density at radius 3 is 2.56 bits per heavy atom. The number of thiazole rings is 1. The van der Waals surface area contributed by atoms with Crippen LogP contribution < -0.4 is 0 Å². The molecule has 3 heterocycles. The largest absolute Gasteiger partial charge is 0.381 e. The quantitative estimate of drug-likeness (QED) is 0.794. The number of nitrogens with zero attached hydrogens (tertiary/aromatic N) is 1. The van der Waals surface area contributed by atoms with Crippen LogP contribution in [0.15, 0.2) is 5.38 Å².